The van der Waals surface area contributed by atoms with E-state index in [0.29, 0.717) is 11.2 Å². The van der Waals surface area contributed by atoms with E-state index in [1.165, 1.54) is 0 Å². The number of aromatic nitrogens is 1. The normalized spacial score (nSPS) is 7.55. The summed E-state index contributed by atoms with van der Waals surface area (Å²) in [7, 11) is 0. The fourth-order valence-corrected chi connectivity index (χ4v) is 0.448. The van der Waals surface area contributed by atoms with Gasteiger partial charge in [0, 0.05) is 11.9 Å². The summed E-state index contributed by atoms with van der Waals surface area (Å²) >= 11 is 5.30. The Labute approximate surface area is 96.7 Å². The van der Waals surface area contributed by atoms with E-state index < -0.39 is 0 Å². The standard InChI is InChI=1S/C6H7N.2HI.H3N.Pt/c1-6-4-2-3-5-7-6;;;;/h2-5H,1H3;2*1H;1H3;/q;;;;+2/p-2. The second-order valence-electron chi connectivity index (χ2n) is 1.52. The van der Waals surface area contributed by atoms with E-state index in [0.717, 1.165) is 5.69 Å². The minimum absolute atomic E-state index is 0. The number of hydrogen-bond acceptors (Lipinski definition) is 2. The Morgan fingerprint density at radius 3 is 2.09 bits per heavy atom. The molecule has 0 aliphatic carbocycles. The molecule has 1 rings (SSSR count). The van der Waals surface area contributed by atoms with Crippen molar-refractivity contribution in [2.45, 2.75) is 6.92 Å². The van der Waals surface area contributed by atoms with Gasteiger partial charge in [0.25, 0.3) is 0 Å². The quantitative estimate of drug-likeness (QED) is 0.497. The number of nitrogens with zero attached hydrogens (tertiary/aromatic N) is 1. The molecule has 0 spiro atoms. The molecule has 1 aromatic heterocycles. The van der Waals surface area contributed by atoms with E-state index in [2.05, 4.69) is 43.7 Å². The van der Waals surface area contributed by atoms with Crippen molar-refractivity contribution < 1.29 is 11.2 Å². The van der Waals surface area contributed by atoms with Crippen LogP contribution in [0.25, 0.3) is 0 Å². The number of halogens is 2. The topological polar surface area (TPSA) is 47.9 Å². The van der Waals surface area contributed by atoms with Gasteiger partial charge in [0.1, 0.15) is 0 Å². The summed E-state index contributed by atoms with van der Waals surface area (Å²) in [6.07, 6.45) is 1.79. The van der Waals surface area contributed by atoms with Gasteiger partial charge in [-0.1, -0.05) is 6.07 Å². The van der Waals surface area contributed by atoms with Crippen LogP contribution in [0.3, 0.4) is 0 Å². The maximum atomic E-state index is 3.98. The van der Waals surface area contributed by atoms with Gasteiger partial charge < -0.3 is 6.15 Å². The van der Waals surface area contributed by atoms with Crippen LogP contribution in [0.2, 0.25) is 0 Å². The summed E-state index contributed by atoms with van der Waals surface area (Å²) in [6, 6.07) is 5.86. The van der Waals surface area contributed by atoms with Crippen molar-refractivity contribution in [3.8, 4) is 0 Å². The van der Waals surface area contributed by atoms with Gasteiger partial charge >= 0.3 is 49.9 Å². The molecule has 0 fully saturated rings. The van der Waals surface area contributed by atoms with Gasteiger partial charge in [-0.05, 0) is 19.1 Å². The van der Waals surface area contributed by atoms with Gasteiger partial charge in [-0.2, -0.15) is 0 Å². The van der Waals surface area contributed by atoms with E-state index in [9.17, 15) is 0 Å². The van der Waals surface area contributed by atoms with Crippen LogP contribution in [0.4, 0.5) is 0 Å². The molecule has 1 heterocycles. The Hall–Kier alpha value is 1.26. The first-order chi connectivity index (χ1) is 4.81. The fraction of sp³-hybridized carbons (Fsp3) is 0.167. The van der Waals surface area contributed by atoms with Crippen molar-refractivity contribution in [1.29, 1.82) is 0 Å². The summed E-state index contributed by atoms with van der Waals surface area (Å²) in [5.41, 5.74) is 1.07. The van der Waals surface area contributed by atoms with Crippen LogP contribution < -0.4 is 6.15 Å². The van der Waals surface area contributed by atoms with Gasteiger partial charge in [0.05, 0.1) is 0 Å². The number of pyridine rings is 1. The van der Waals surface area contributed by atoms with Crippen LogP contribution in [-0.2, 0) is 11.2 Å². The molecule has 5 heteroatoms. The number of aryl methyl sites for hydroxylation is 1. The monoisotopic (exact) mass is 559 g/mol. The van der Waals surface area contributed by atoms with Crippen molar-refractivity contribution in [3.05, 3.63) is 30.1 Å². The second-order valence-corrected chi connectivity index (χ2v) is 18.1. The van der Waals surface area contributed by atoms with Crippen LogP contribution in [-0.4, -0.2) is 4.98 Å². The Balaban J connectivity index is 0. The van der Waals surface area contributed by atoms with Gasteiger partial charge in [-0.15, -0.1) is 0 Å². The van der Waals surface area contributed by atoms with Gasteiger partial charge in [0.2, 0.25) is 0 Å². The van der Waals surface area contributed by atoms with Crippen LogP contribution in [0.15, 0.2) is 24.4 Å². The predicted molar refractivity (Wildman–Crippen MR) is 62.0 cm³/mol. The van der Waals surface area contributed by atoms with Crippen LogP contribution >= 0.6 is 38.7 Å². The van der Waals surface area contributed by atoms with Crippen molar-refractivity contribution in [2.75, 3.05) is 0 Å². The van der Waals surface area contributed by atoms with E-state index in [1.807, 2.05) is 25.1 Å². The summed E-state index contributed by atoms with van der Waals surface area (Å²) in [5.74, 6) is 0. The average molecular weight is 559 g/mol. The molecule has 0 amide bonds. The molecule has 0 aromatic carbocycles. The third kappa shape index (κ3) is 11.3. The minimum atomic E-state index is 0. The molecule has 0 aliphatic heterocycles. The first kappa shape index (κ1) is 14.8. The van der Waals surface area contributed by atoms with Crippen LogP contribution in [0.5, 0.6) is 0 Å². The summed E-state index contributed by atoms with van der Waals surface area (Å²) in [4.78, 5) is 3.98. The molecule has 0 aliphatic rings. The predicted octanol–water partition coefficient (Wildman–Crippen LogP) is 3.32. The van der Waals surface area contributed by atoms with E-state index >= 15 is 0 Å². The molecular formula is C6H10I2N2Pt. The zero-order valence-corrected chi connectivity index (χ0v) is 12.6. The Bertz CT molecular complexity index is 160. The average Bonchev–Trinajstić information content (AvgIpc) is 1.91. The molecule has 68 valence electrons. The number of hydrogen-bond donors (Lipinski definition) is 1. The maximum absolute atomic E-state index is 3.98. The zero-order valence-electron chi connectivity index (χ0n) is 6.04. The van der Waals surface area contributed by atoms with E-state index in [-0.39, 0.29) is 6.15 Å². The molecule has 0 unspecified atom stereocenters. The van der Waals surface area contributed by atoms with Gasteiger partial charge in [0.15, 0.2) is 0 Å². The first-order valence-electron chi connectivity index (χ1n) is 2.51. The Morgan fingerprint density at radius 1 is 1.36 bits per heavy atom. The van der Waals surface area contributed by atoms with Crippen molar-refractivity contribution in [3.63, 3.8) is 0 Å². The Morgan fingerprint density at radius 2 is 1.91 bits per heavy atom. The van der Waals surface area contributed by atoms with E-state index in [1.54, 1.807) is 6.20 Å². The molecule has 0 saturated carbocycles. The van der Waals surface area contributed by atoms with Gasteiger partial charge in [-0.25, -0.2) is 0 Å². The van der Waals surface area contributed by atoms with Crippen molar-refractivity contribution in [1.82, 2.24) is 11.1 Å². The molecule has 2 nitrogen and oxygen atoms in total. The first-order valence-corrected chi connectivity index (χ1v) is 15.4. The fourth-order valence-electron chi connectivity index (χ4n) is 0.448. The van der Waals surface area contributed by atoms with Crippen molar-refractivity contribution >= 4 is 38.7 Å². The van der Waals surface area contributed by atoms with Crippen molar-refractivity contribution in [2.24, 2.45) is 0 Å². The van der Waals surface area contributed by atoms with E-state index in [4.69, 9.17) is 0 Å². The van der Waals surface area contributed by atoms with Crippen LogP contribution in [0.1, 0.15) is 5.69 Å². The summed E-state index contributed by atoms with van der Waals surface area (Å²) in [6.45, 7) is 1.97. The molecular weight excluding hydrogens is 549 g/mol. The molecule has 0 atom stereocenters. The number of rotatable bonds is 0. The van der Waals surface area contributed by atoms with Gasteiger partial charge in [-0.3, -0.25) is 4.98 Å². The second kappa shape index (κ2) is 11.3. The molecule has 0 bridgehead atoms. The molecule has 0 saturated heterocycles. The summed E-state index contributed by atoms with van der Waals surface area (Å²) < 4.78 is 0. The van der Waals surface area contributed by atoms with Crippen LogP contribution in [0, 0.1) is 6.92 Å². The molecule has 11 heavy (non-hydrogen) atoms. The Kier molecular flexibility index (Phi) is 15.1. The molecule has 1 aromatic rings. The zero-order chi connectivity index (χ0) is 7.82. The summed E-state index contributed by atoms with van der Waals surface area (Å²) in [5, 5.41) is 0. The SMILES string of the molecule is Cc1ccccn1.N.[I][Pt][I]. The molecule has 0 radical (unpaired) electrons. The molecule has 3 N–H and O–H groups in total. The third-order valence-corrected chi connectivity index (χ3v) is 0.813. The third-order valence-electron chi connectivity index (χ3n) is 0.813.